The molecule has 2 rings (SSSR count). The maximum absolute atomic E-state index is 10.2. The van der Waals surface area contributed by atoms with E-state index in [1.54, 1.807) is 74.5 Å². The van der Waals surface area contributed by atoms with E-state index in [4.69, 9.17) is 10.2 Å². The van der Waals surface area contributed by atoms with Crippen molar-refractivity contribution in [2.75, 3.05) is 0 Å². The van der Waals surface area contributed by atoms with Crippen LogP contribution in [0.3, 0.4) is 0 Å². The third-order valence-electron chi connectivity index (χ3n) is 3.40. The van der Waals surface area contributed by atoms with Crippen LogP contribution in [0.5, 0.6) is 0 Å². The number of carboxylic acids is 2. The zero-order chi connectivity index (χ0) is 21.0. The first kappa shape index (κ1) is 24.3. The van der Waals surface area contributed by atoms with Crippen molar-refractivity contribution < 1.29 is 30.0 Å². The highest BCUT2D eigenvalue weighted by Gasteiger charge is 2.26. The van der Waals surface area contributed by atoms with Crippen LogP contribution in [0, 0.1) is 5.92 Å². The van der Waals surface area contributed by atoms with E-state index in [2.05, 4.69) is 0 Å². The highest BCUT2D eigenvalue weighted by molar-refractivity contribution is 5.87. The lowest BCUT2D eigenvalue weighted by Gasteiger charge is -2.27. The van der Waals surface area contributed by atoms with Crippen LogP contribution >= 0.6 is 0 Å². The number of benzene rings is 2. The van der Waals surface area contributed by atoms with Gasteiger partial charge in [0.15, 0.2) is 0 Å². The van der Waals surface area contributed by atoms with E-state index in [-0.39, 0.29) is 5.92 Å². The van der Waals surface area contributed by atoms with E-state index in [1.807, 2.05) is 13.8 Å². The first-order valence-corrected chi connectivity index (χ1v) is 8.44. The molecule has 0 aliphatic heterocycles. The highest BCUT2D eigenvalue weighted by Crippen LogP contribution is 2.15. The molecule has 6 nitrogen and oxygen atoms in total. The van der Waals surface area contributed by atoms with Crippen molar-refractivity contribution in [3.8, 4) is 0 Å². The van der Waals surface area contributed by atoms with Gasteiger partial charge in [0.1, 0.15) is 0 Å². The number of aromatic carboxylic acids is 2. The van der Waals surface area contributed by atoms with Crippen molar-refractivity contribution in [3.63, 3.8) is 0 Å². The average Bonchev–Trinajstić information content (AvgIpc) is 2.62. The van der Waals surface area contributed by atoms with Gasteiger partial charge in [-0.1, -0.05) is 50.2 Å². The standard InChI is InChI=1S/2C7H6O2.C7H16O2/c2*8-7(9)6-4-2-1-3-5-6;1-5(2)6(8)7(3,4)9/h2*1-5H,(H,8,9);5-6,8-9H,1-4H3. The van der Waals surface area contributed by atoms with E-state index in [1.165, 1.54) is 0 Å². The second-order valence-electron chi connectivity index (χ2n) is 6.68. The number of aliphatic hydroxyl groups excluding tert-OH is 1. The van der Waals surface area contributed by atoms with E-state index in [9.17, 15) is 19.8 Å². The zero-order valence-electron chi connectivity index (χ0n) is 16.0. The lowest BCUT2D eigenvalue weighted by atomic mass is 9.93. The minimum Gasteiger partial charge on any atom is -0.478 e. The monoisotopic (exact) mass is 376 g/mol. The van der Waals surface area contributed by atoms with Crippen molar-refractivity contribution in [2.45, 2.75) is 39.4 Å². The molecule has 27 heavy (non-hydrogen) atoms. The van der Waals surface area contributed by atoms with Gasteiger partial charge in [-0.3, -0.25) is 0 Å². The van der Waals surface area contributed by atoms with Gasteiger partial charge >= 0.3 is 11.9 Å². The summed E-state index contributed by atoms with van der Waals surface area (Å²) in [6.45, 7) is 6.97. The van der Waals surface area contributed by atoms with Gasteiger partial charge in [0, 0.05) is 0 Å². The van der Waals surface area contributed by atoms with Crippen LogP contribution in [0.2, 0.25) is 0 Å². The van der Waals surface area contributed by atoms with Crippen molar-refractivity contribution in [2.24, 2.45) is 5.92 Å². The summed E-state index contributed by atoms with van der Waals surface area (Å²) in [4.78, 5) is 20.4. The van der Waals surface area contributed by atoms with Crippen LogP contribution < -0.4 is 0 Å². The van der Waals surface area contributed by atoms with Crippen LogP contribution in [0.15, 0.2) is 60.7 Å². The van der Waals surface area contributed by atoms with Gasteiger partial charge in [0.25, 0.3) is 0 Å². The SMILES string of the molecule is CC(C)C(O)C(C)(C)O.O=C(O)c1ccccc1.O=C(O)c1ccccc1. The quantitative estimate of drug-likeness (QED) is 0.649. The number of aliphatic hydroxyl groups is 2. The maximum Gasteiger partial charge on any atom is 0.335 e. The molecule has 0 fully saturated rings. The van der Waals surface area contributed by atoms with Gasteiger partial charge in [-0.25, -0.2) is 9.59 Å². The Morgan fingerprint density at radius 3 is 1.19 bits per heavy atom. The molecule has 0 bridgehead atoms. The summed E-state index contributed by atoms with van der Waals surface area (Å²) in [6.07, 6.45) is -0.627. The summed E-state index contributed by atoms with van der Waals surface area (Å²) in [7, 11) is 0. The predicted molar refractivity (Wildman–Crippen MR) is 104 cm³/mol. The first-order chi connectivity index (χ1) is 12.5. The maximum atomic E-state index is 10.2. The van der Waals surface area contributed by atoms with Crippen molar-refractivity contribution in [1.29, 1.82) is 0 Å². The Morgan fingerprint density at radius 1 is 0.778 bits per heavy atom. The Bertz CT molecular complexity index is 625. The van der Waals surface area contributed by atoms with Crippen LogP contribution in [0.25, 0.3) is 0 Å². The minimum absolute atomic E-state index is 0.116. The summed E-state index contributed by atoms with van der Waals surface area (Å²) < 4.78 is 0. The Balaban J connectivity index is 0.000000376. The Labute approximate surface area is 159 Å². The Hall–Kier alpha value is -2.70. The largest absolute Gasteiger partial charge is 0.478 e. The molecule has 0 saturated heterocycles. The minimum atomic E-state index is -0.964. The fourth-order valence-corrected chi connectivity index (χ4v) is 1.98. The predicted octanol–water partition coefficient (Wildman–Crippen LogP) is 3.54. The van der Waals surface area contributed by atoms with E-state index >= 15 is 0 Å². The second-order valence-corrected chi connectivity index (χ2v) is 6.68. The number of carboxylic acid groups (broad SMARTS) is 2. The molecule has 0 heterocycles. The summed E-state index contributed by atoms with van der Waals surface area (Å²) in [6, 6.07) is 16.6. The average molecular weight is 376 g/mol. The summed E-state index contributed by atoms with van der Waals surface area (Å²) in [5.41, 5.74) is -0.302. The normalized spacial score (nSPS) is 11.4. The van der Waals surface area contributed by atoms with Gasteiger partial charge in [-0.15, -0.1) is 0 Å². The van der Waals surface area contributed by atoms with E-state index in [0.717, 1.165) is 0 Å². The topological polar surface area (TPSA) is 115 Å². The molecule has 0 aliphatic rings. The molecular weight excluding hydrogens is 348 g/mol. The number of rotatable bonds is 4. The van der Waals surface area contributed by atoms with Gasteiger partial charge in [0.05, 0.1) is 22.8 Å². The van der Waals surface area contributed by atoms with Gasteiger partial charge < -0.3 is 20.4 Å². The lowest BCUT2D eigenvalue weighted by molar-refractivity contribution is -0.0695. The van der Waals surface area contributed by atoms with Gasteiger partial charge in [-0.2, -0.15) is 0 Å². The van der Waals surface area contributed by atoms with Crippen molar-refractivity contribution >= 4 is 11.9 Å². The summed E-state index contributed by atoms with van der Waals surface area (Å²) in [5, 5.41) is 35.2. The van der Waals surface area contributed by atoms with Gasteiger partial charge in [0.2, 0.25) is 0 Å². The molecule has 1 atom stereocenters. The summed E-state index contributed by atoms with van der Waals surface area (Å²) in [5.74, 6) is -1.64. The smallest absolute Gasteiger partial charge is 0.335 e. The highest BCUT2D eigenvalue weighted by atomic mass is 16.4. The van der Waals surface area contributed by atoms with E-state index < -0.39 is 23.6 Å². The molecule has 0 aliphatic carbocycles. The third kappa shape index (κ3) is 10.8. The van der Waals surface area contributed by atoms with Crippen LogP contribution in [0.1, 0.15) is 48.4 Å². The molecule has 4 N–H and O–H groups in total. The van der Waals surface area contributed by atoms with Crippen LogP contribution in [-0.4, -0.2) is 44.1 Å². The fourth-order valence-electron chi connectivity index (χ4n) is 1.98. The molecule has 148 valence electrons. The molecule has 0 spiro atoms. The van der Waals surface area contributed by atoms with Crippen LogP contribution in [-0.2, 0) is 0 Å². The van der Waals surface area contributed by atoms with Gasteiger partial charge in [-0.05, 0) is 44.0 Å². The number of hydrogen-bond donors (Lipinski definition) is 4. The molecule has 2 aromatic rings. The molecular formula is C21H28O6. The molecule has 0 saturated carbocycles. The van der Waals surface area contributed by atoms with Crippen molar-refractivity contribution in [1.82, 2.24) is 0 Å². The molecule has 0 radical (unpaired) electrons. The second kappa shape index (κ2) is 11.8. The number of carbonyl (C=O) groups is 2. The molecule has 6 heteroatoms. The zero-order valence-corrected chi connectivity index (χ0v) is 16.0. The molecule has 2 aromatic carbocycles. The van der Waals surface area contributed by atoms with Crippen LogP contribution in [0.4, 0.5) is 0 Å². The van der Waals surface area contributed by atoms with Crippen molar-refractivity contribution in [3.05, 3.63) is 71.8 Å². The first-order valence-electron chi connectivity index (χ1n) is 8.44. The lowest BCUT2D eigenvalue weighted by Crippen LogP contribution is -2.39. The summed E-state index contributed by atoms with van der Waals surface area (Å²) >= 11 is 0. The fraction of sp³-hybridized carbons (Fsp3) is 0.333. The molecule has 0 amide bonds. The molecule has 1 unspecified atom stereocenters. The van der Waals surface area contributed by atoms with E-state index in [0.29, 0.717) is 11.1 Å². The number of hydrogen-bond acceptors (Lipinski definition) is 4. The third-order valence-corrected chi connectivity index (χ3v) is 3.40. The Morgan fingerprint density at radius 2 is 1.07 bits per heavy atom. The Kier molecular flexibility index (Phi) is 10.6. The molecule has 0 aromatic heterocycles.